The number of aryl methyl sites for hydroxylation is 1. The molecule has 0 radical (unpaired) electrons. The van der Waals surface area contributed by atoms with Crippen LogP contribution in [0, 0.1) is 6.92 Å². The number of nitrogens with two attached hydrogens (primary N) is 1. The molecule has 0 atom stereocenters. The van der Waals surface area contributed by atoms with E-state index in [-0.39, 0.29) is 11.9 Å². The van der Waals surface area contributed by atoms with Crippen LogP contribution in [0.1, 0.15) is 15.9 Å². The normalized spacial score (nSPS) is 10.6. The molecule has 2 aromatic carbocycles. The Morgan fingerprint density at radius 3 is 2.62 bits per heavy atom. The van der Waals surface area contributed by atoms with Gasteiger partial charge in [0.1, 0.15) is 5.82 Å². The number of rotatable bonds is 3. The summed E-state index contributed by atoms with van der Waals surface area (Å²) in [5.41, 5.74) is 9.98. The zero-order chi connectivity index (χ0) is 17.3. The minimum absolute atomic E-state index is 0.119. The highest BCUT2D eigenvalue weighted by Crippen LogP contribution is 2.31. The summed E-state index contributed by atoms with van der Waals surface area (Å²) in [6.07, 6.45) is 0. The van der Waals surface area contributed by atoms with Crippen LogP contribution in [0.3, 0.4) is 0 Å². The number of hydrogen-bond donors (Lipinski definition) is 3. The van der Waals surface area contributed by atoms with Crippen molar-refractivity contribution in [3.8, 4) is 11.1 Å². The Hall–Kier alpha value is -3.15. The predicted molar refractivity (Wildman–Crippen MR) is 97.1 cm³/mol. The Morgan fingerprint density at radius 1 is 1.12 bits per heavy atom. The Bertz CT molecular complexity index is 936. The molecule has 1 aromatic heterocycles. The molecule has 3 aromatic rings. The number of carbonyl (C=O) groups excluding carboxylic acids is 1. The van der Waals surface area contributed by atoms with Gasteiger partial charge in [0.25, 0.3) is 5.91 Å². The Balaban J connectivity index is 2.26. The van der Waals surface area contributed by atoms with E-state index in [4.69, 9.17) is 5.73 Å². The van der Waals surface area contributed by atoms with Crippen molar-refractivity contribution in [3.63, 3.8) is 0 Å². The van der Waals surface area contributed by atoms with Gasteiger partial charge in [-0.3, -0.25) is 4.79 Å². The Labute approximate surface area is 140 Å². The number of amides is 1. The molecule has 6 heteroatoms. The van der Waals surface area contributed by atoms with Gasteiger partial charge in [-0.2, -0.15) is 4.98 Å². The molecular formula is C18H19N5O. The summed E-state index contributed by atoms with van der Waals surface area (Å²) in [5, 5.41) is 6.59. The second kappa shape index (κ2) is 6.16. The topological polar surface area (TPSA) is 92.9 Å². The third-order valence-corrected chi connectivity index (χ3v) is 3.98. The lowest BCUT2D eigenvalue weighted by Crippen LogP contribution is -2.19. The largest absolute Gasteiger partial charge is 0.372 e. The van der Waals surface area contributed by atoms with Gasteiger partial charge in [-0.25, -0.2) is 4.98 Å². The Kier molecular flexibility index (Phi) is 4.04. The van der Waals surface area contributed by atoms with Crippen LogP contribution in [-0.4, -0.2) is 30.0 Å². The first-order valence-electron chi connectivity index (χ1n) is 7.62. The molecule has 0 unspecified atom stereocenters. The fourth-order valence-corrected chi connectivity index (χ4v) is 2.87. The fraction of sp³-hybridized carbons (Fsp3) is 0.167. The van der Waals surface area contributed by atoms with E-state index >= 15 is 0 Å². The smallest absolute Gasteiger partial charge is 0.251 e. The van der Waals surface area contributed by atoms with Crippen LogP contribution in [0.15, 0.2) is 36.4 Å². The van der Waals surface area contributed by atoms with Crippen molar-refractivity contribution in [2.24, 2.45) is 0 Å². The molecule has 122 valence electrons. The average molecular weight is 321 g/mol. The predicted octanol–water partition coefficient (Wildman–Crippen LogP) is 2.59. The molecule has 0 fully saturated rings. The maximum absolute atomic E-state index is 12.2. The van der Waals surface area contributed by atoms with Crippen molar-refractivity contribution in [1.29, 1.82) is 0 Å². The summed E-state index contributed by atoms with van der Waals surface area (Å²) in [4.78, 5) is 20.7. The molecule has 6 nitrogen and oxygen atoms in total. The molecule has 0 saturated heterocycles. The zero-order valence-corrected chi connectivity index (χ0v) is 13.8. The maximum atomic E-state index is 12.2. The van der Waals surface area contributed by atoms with Crippen LogP contribution >= 0.6 is 0 Å². The molecule has 0 bridgehead atoms. The van der Waals surface area contributed by atoms with Crippen molar-refractivity contribution in [2.75, 3.05) is 25.1 Å². The molecular weight excluding hydrogens is 302 g/mol. The second-order valence-electron chi connectivity index (χ2n) is 5.49. The van der Waals surface area contributed by atoms with Crippen molar-refractivity contribution >= 4 is 28.6 Å². The third-order valence-electron chi connectivity index (χ3n) is 3.98. The highest BCUT2D eigenvalue weighted by Gasteiger charge is 2.15. The summed E-state index contributed by atoms with van der Waals surface area (Å²) in [6, 6.07) is 11.5. The number of anilines is 2. The summed E-state index contributed by atoms with van der Waals surface area (Å²) in [5.74, 6) is 0.771. The highest BCUT2D eigenvalue weighted by molar-refractivity contribution is 6.03. The number of nitrogens with one attached hydrogen (secondary N) is 2. The van der Waals surface area contributed by atoms with E-state index in [9.17, 15) is 4.79 Å². The Morgan fingerprint density at radius 2 is 1.92 bits per heavy atom. The van der Waals surface area contributed by atoms with E-state index in [0.717, 1.165) is 27.6 Å². The van der Waals surface area contributed by atoms with Crippen molar-refractivity contribution in [2.45, 2.75) is 6.92 Å². The average Bonchev–Trinajstić information content (AvgIpc) is 2.59. The lowest BCUT2D eigenvalue weighted by molar-refractivity contribution is 0.0963. The lowest BCUT2D eigenvalue weighted by Gasteiger charge is -2.13. The number of fused-ring (bicyclic) bond motifs is 1. The van der Waals surface area contributed by atoms with E-state index in [2.05, 4.69) is 20.6 Å². The number of nitrogens with zero attached hydrogens (tertiary/aromatic N) is 2. The van der Waals surface area contributed by atoms with Gasteiger partial charge >= 0.3 is 0 Å². The zero-order valence-electron chi connectivity index (χ0n) is 13.8. The van der Waals surface area contributed by atoms with Gasteiger partial charge in [0, 0.05) is 25.0 Å². The van der Waals surface area contributed by atoms with Crippen molar-refractivity contribution < 1.29 is 4.79 Å². The van der Waals surface area contributed by atoms with Crippen molar-refractivity contribution in [3.05, 3.63) is 47.5 Å². The molecule has 24 heavy (non-hydrogen) atoms. The van der Waals surface area contributed by atoms with Gasteiger partial charge < -0.3 is 16.4 Å². The van der Waals surface area contributed by atoms with E-state index in [0.29, 0.717) is 11.4 Å². The van der Waals surface area contributed by atoms with Gasteiger partial charge in [-0.1, -0.05) is 18.2 Å². The summed E-state index contributed by atoms with van der Waals surface area (Å²) < 4.78 is 0. The summed E-state index contributed by atoms with van der Waals surface area (Å²) in [7, 11) is 3.42. The minimum atomic E-state index is -0.119. The number of nitrogen functional groups attached to an aromatic ring is 1. The standard InChI is InChI=1S/C18H19N5O/c1-10-5-4-6-13(17(24)21-3)15(10)11-7-8-12-14(9-11)22-18(19)23-16(12)20-2/h4-9H,1-3H3,(H,21,24)(H3,19,20,22,23). The molecule has 0 aliphatic heterocycles. The quantitative estimate of drug-likeness (QED) is 0.689. The minimum Gasteiger partial charge on any atom is -0.372 e. The monoisotopic (exact) mass is 321 g/mol. The number of carbonyl (C=O) groups is 1. The van der Waals surface area contributed by atoms with Gasteiger partial charge in [0.15, 0.2) is 0 Å². The SMILES string of the molecule is CNC(=O)c1cccc(C)c1-c1ccc2c(NC)nc(N)nc2c1. The highest BCUT2D eigenvalue weighted by atomic mass is 16.1. The maximum Gasteiger partial charge on any atom is 0.251 e. The number of aromatic nitrogens is 2. The first kappa shape index (κ1) is 15.7. The third kappa shape index (κ3) is 2.62. The van der Waals surface area contributed by atoms with Crippen LogP contribution in [0.5, 0.6) is 0 Å². The van der Waals surface area contributed by atoms with Crippen LogP contribution < -0.4 is 16.4 Å². The number of hydrogen-bond acceptors (Lipinski definition) is 5. The molecule has 4 N–H and O–H groups in total. The second-order valence-corrected chi connectivity index (χ2v) is 5.49. The van der Waals surface area contributed by atoms with Gasteiger partial charge in [-0.15, -0.1) is 0 Å². The molecule has 0 saturated carbocycles. The summed E-state index contributed by atoms with van der Waals surface area (Å²) in [6.45, 7) is 1.99. The first-order valence-corrected chi connectivity index (χ1v) is 7.62. The van der Waals surface area contributed by atoms with Crippen molar-refractivity contribution in [1.82, 2.24) is 15.3 Å². The van der Waals surface area contributed by atoms with E-state index in [1.165, 1.54) is 0 Å². The van der Waals surface area contributed by atoms with E-state index in [1.807, 2.05) is 43.3 Å². The molecule has 0 aliphatic carbocycles. The summed E-state index contributed by atoms with van der Waals surface area (Å²) >= 11 is 0. The van der Waals surface area contributed by atoms with E-state index < -0.39 is 0 Å². The van der Waals surface area contributed by atoms with Crippen LogP contribution in [0.4, 0.5) is 11.8 Å². The first-order chi connectivity index (χ1) is 11.5. The van der Waals surface area contributed by atoms with E-state index in [1.54, 1.807) is 14.1 Å². The van der Waals surface area contributed by atoms with Crippen LogP contribution in [0.2, 0.25) is 0 Å². The van der Waals surface area contributed by atoms with Crippen LogP contribution in [-0.2, 0) is 0 Å². The molecule has 1 amide bonds. The van der Waals surface area contributed by atoms with Gasteiger partial charge in [0.05, 0.1) is 5.52 Å². The molecule has 3 rings (SSSR count). The molecule has 0 spiro atoms. The fourth-order valence-electron chi connectivity index (χ4n) is 2.87. The molecule has 0 aliphatic rings. The van der Waals surface area contributed by atoms with Gasteiger partial charge in [0.2, 0.25) is 5.95 Å². The number of benzene rings is 2. The lowest BCUT2D eigenvalue weighted by atomic mass is 9.94. The van der Waals surface area contributed by atoms with Crippen LogP contribution in [0.25, 0.3) is 22.0 Å². The molecule has 1 heterocycles. The van der Waals surface area contributed by atoms with Gasteiger partial charge in [-0.05, 0) is 41.8 Å².